The second kappa shape index (κ2) is 11.9. The van der Waals surface area contributed by atoms with E-state index in [-0.39, 0.29) is 17.8 Å². The Balaban J connectivity index is 0.000000241. The van der Waals surface area contributed by atoms with E-state index < -0.39 is 4.65 Å². The molecule has 35 heavy (non-hydrogen) atoms. The highest BCUT2D eigenvalue weighted by atomic mass is 19.1. The quantitative estimate of drug-likeness (QED) is 0.338. The zero-order valence-electron chi connectivity index (χ0n) is 21.2. The molecular formula is C26H35FN6O2. The molecule has 4 aromatic rings. The molecule has 2 aromatic heterocycles. The molecule has 8 nitrogen and oxygen atoms in total. The Morgan fingerprint density at radius 2 is 1.43 bits per heavy atom. The van der Waals surface area contributed by atoms with Crippen LogP contribution >= 0.6 is 0 Å². The third-order valence-corrected chi connectivity index (χ3v) is 5.21. The maximum atomic E-state index is 13.5. The van der Waals surface area contributed by atoms with Gasteiger partial charge < -0.3 is 20.2 Å². The number of nitrogens with one attached hydrogen (secondary N) is 1. The van der Waals surface area contributed by atoms with Gasteiger partial charge in [-0.1, -0.05) is 23.8 Å². The largest absolute Gasteiger partial charge is 0.870 e. The highest BCUT2D eigenvalue weighted by Crippen LogP contribution is 2.17. The van der Waals surface area contributed by atoms with Gasteiger partial charge in [-0.15, -0.1) is 0 Å². The smallest absolute Gasteiger partial charge is 0.169 e. The number of quaternary nitrogens is 2. The molecule has 0 aliphatic heterocycles. The lowest BCUT2D eigenvalue weighted by Crippen LogP contribution is -3.04. The molecule has 0 saturated heterocycles. The van der Waals surface area contributed by atoms with E-state index in [2.05, 4.69) is 59.8 Å². The van der Waals surface area contributed by atoms with Crippen molar-refractivity contribution in [2.24, 2.45) is 0 Å². The van der Waals surface area contributed by atoms with Gasteiger partial charge in [0.05, 0.1) is 28.2 Å². The number of aromatic nitrogens is 4. The normalized spacial score (nSPS) is 11.1. The van der Waals surface area contributed by atoms with Crippen LogP contribution in [0.25, 0.3) is 11.4 Å². The van der Waals surface area contributed by atoms with Crippen molar-refractivity contribution < 1.29 is 19.4 Å². The van der Waals surface area contributed by atoms with Crippen molar-refractivity contribution in [3.05, 3.63) is 101 Å². The van der Waals surface area contributed by atoms with Crippen LogP contribution in [0.1, 0.15) is 22.8 Å². The standard InChI is InChI=1S/C13H16FN3O.C13H17N3.H2O/c1-10-4-5-11(8-12(10)14)16-7-6-15-13(16)9-17(2,3)18;1-11-4-6-12(7-5-11)16-9-8-14-13(16)10-15(2)3;/h4-8H,9H2,1-3H3;4-9H,10H2,1-3H3;1H2. The summed E-state index contributed by atoms with van der Waals surface area (Å²) in [5, 5.41) is 11.7. The SMILES string of the molecule is Cc1ccc(-n2ccnc2C[N+](C)(C)[O-])cc1F.Cc1ccc(-n2ccnc2C[NH+](C)C)cc1.[OH-]. The van der Waals surface area contributed by atoms with Crippen LogP contribution in [0.15, 0.2) is 67.3 Å². The van der Waals surface area contributed by atoms with Crippen molar-refractivity contribution in [1.82, 2.24) is 19.1 Å². The van der Waals surface area contributed by atoms with E-state index in [9.17, 15) is 9.60 Å². The predicted molar refractivity (Wildman–Crippen MR) is 134 cm³/mol. The predicted octanol–water partition coefficient (Wildman–Crippen LogP) is 3.04. The molecule has 0 fully saturated rings. The van der Waals surface area contributed by atoms with Crippen LogP contribution < -0.4 is 4.90 Å². The van der Waals surface area contributed by atoms with Crippen LogP contribution in [0.5, 0.6) is 0 Å². The van der Waals surface area contributed by atoms with E-state index >= 15 is 0 Å². The van der Waals surface area contributed by atoms with Crippen LogP contribution in [-0.4, -0.2) is 57.4 Å². The minimum absolute atomic E-state index is 0. The van der Waals surface area contributed by atoms with Crippen LogP contribution in [0.4, 0.5) is 4.39 Å². The first-order chi connectivity index (χ1) is 16.0. The summed E-state index contributed by atoms with van der Waals surface area (Å²) in [6.45, 7) is 4.98. The molecule has 188 valence electrons. The van der Waals surface area contributed by atoms with Crippen LogP contribution in [-0.2, 0) is 13.1 Å². The fourth-order valence-corrected chi connectivity index (χ4v) is 3.48. The van der Waals surface area contributed by atoms with E-state index in [1.54, 1.807) is 44.0 Å². The van der Waals surface area contributed by atoms with Gasteiger partial charge in [0, 0.05) is 36.2 Å². The fraction of sp³-hybridized carbons (Fsp3) is 0.308. The molecule has 0 aliphatic carbocycles. The Morgan fingerprint density at radius 1 is 0.886 bits per heavy atom. The Morgan fingerprint density at radius 3 is 1.97 bits per heavy atom. The van der Waals surface area contributed by atoms with Gasteiger partial charge in [-0.2, -0.15) is 0 Å². The van der Waals surface area contributed by atoms with Gasteiger partial charge >= 0.3 is 0 Å². The fourth-order valence-electron chi connectivity index (χ4n) is 3.48. The molecular weight excluding hydrogens is 447 g/mol. The van der Waals surface area contributed by atoms with Crippen LogP contribution in [0.2, 0.25) is 0 Å². The van der Waals surface area contributed by atoms with Crippen molar-refractivity contribution in [3.8, 4) is 11.4 Å². The van der Waals surface area contributed by atoms with Crippen molar-refractivity contribution in [1.29, 1.82) is 0 Å². The highest BCUT2D eigenvalue weighted by Gasteiger charge is 2.12. The van der Waals surface area contributed by atoms with E-state index in [0.717, 1.165) is 12.4 Å². The van der Waals surface area contributed by atoms with Gasteiger partial charge in [-0.05, 0) is 43.7 Å². The monoisotopic (exact) mass is 482 g/mol. The van der Waals surface area contributed by atoms with Crippen molar-refractivity contribution in [3.63, 3.8) is 0 Å². The van der Waals surface area contributed by atoms with Crippen molar-refractivity contribution in [2.75, 3.05) is 28.2 Å². The van der Waals surface area contributed by atoms with E-state index in [1.807, 2.05) is 18.5 Å². The summed E-state index contributed by atoms with van der Waals surface area (Å²) in [7, 11) is 7.37. The maximum absolute atomic E-state index is 13.5. The molecule has 0 unspecified atom stereocenters. The number of nitrogens with zero attached hydrogens (tertiary/aromatic N) is 5. The number of hydroxylamine groups is 3. The maximum Gasteiger partial charge on any atom is 0.169 e. The second-order valence-corrected chi connectivity index (χ2v) is 9.31. The van der Waals surface area contributed by atoms with E-state index in [0.29, 0.717) is 17.1 Å². The first kappa shape index (κ1) is 27.9. The number of aryl methyl sites for hydroxylation is 2. The minimum Gasteiger partial charge on any atom is -0.870 e. The number of hydrogen-bond donors (Lipinski definition) is 1. The molecule has 0 radical (unpaired) electrons. The average Bonchev–Trinajstić information content (AvgIpc) is 3.39. The van der Waals surface area contributed by atoms with Gasteiger partial charge in [0.15, 0.2) is 11.6 Å². The zero-order chi connectivity index (χ0) is 24.9. The number of imidazole rings is 2. The summed E-state index contributed by atoms with van der Waals surface area (Å²) in [5.74, 6) is 1.46. The molecule has 0 amide bonds. The molecule has 2 heterocycles. The third kappa shape index (κ3) is 7.83. The Labute approximate surface area is 206 Å². The number of rotatable bonds is 6. The molecule has 0 spiro atoms. The molecule has 4 rings (SSSR count). The lowest BCUT2D eigenvalue weighted by Gasteiger charge is -2.33. The van der Waals surface area contributed by atoms with Crippen LogP contribution in [0, 0.1) is 24.9 Å². The second-order valence-electron chi connectivity index (χ2n) is 9.31. The lowest BCUT2D eigenvalue weighted by atomic mass is 10.2. The Bertz CT molecular complexity index is 1210. The van der Waals surface area contributed by atoms with Crippen molar-refractivity contribution >= 4 is 0 Å². The number of halogens is 1. The van der Waals surface area contributed by atoms with E-state index in [1.165, 1.54) is 22.2 Å². The number of hydrogen-bond acceptors (Lipinski definition) is 4. The van der Waals surface area contributed by atoms with Crippen LogP contribution in [0.3, 0.4) is 0 Å². The summed E-state index contributed by atoms with van der Waals surface area (Å²) < 4.78 is 17.0. The highest BCUT2D eigenvalue weighted by molar-refractivity contribution is 5.37. The Kier molecular flexibility index (Phi) is 9.44. The number of benzene rings is 2. The van der Waals surface area contributed by atoms with Gasteiger partial charge in [-0.3, -0.25) is 9.13 Å². The van der Waals surface area contributed by atoms with Gasteiger partial charge in [0.2, 0.25) is 0 Å². The first-order valence-electron chi connectivity index (χ1n) is 11.2. The average molecular weight is 483 g/mol. The topological polar surface area (TPSA) is 93.1 Å². The molecule has 0 atom stereocenters. The van der Waals surface area contributed by atoms with Crippen molar-refractivity contribution in [2.45, 2.75) is 26.9 Å². The zero-order valence-corrected chi connectivity index (χ0v) is 21.2. The summed E-state index contributed by atoms with van der Waals surface area (Å²) in [4.78, 5) is 9.93. The lowest BCUT2D eigenvalue weighted by molar-refractivity contribution is -0.873. The summed E-state index contributed by atoms with van der Waals surface area (Å²) >= 11 is 0. The van der Waals surface area contributed by atoms with E-state index in [4.69, 9.17) is 0 Å². The molecule has 0 bridgehead atoms. The van der Waals surface area contributed by atoms with Gasteiger partial charge in [-0.25, -0.2) is 14.4 Å². The summed E-state index contributed by atoms with van der Waals surface area (Å²) in [6, 6.07) is 13.5. The minimum atomic E-state index is -0.467. The molecule has 9 heteroatoms. The molecule has 2 N–H and O–H groups in total. The van der Waals surface area contributed by atoms with Gasteiger partial charge in [0.1, 0.15) is 18.9 Å². The summed E-state index contributed by atoms with van der Waals surface area (Å²) in [6.07, 6.45) is 7.22. The molecule has 0 saturated carbocycles. The van der Waals surface area contributed by atoms with Gasteiger partial charge in [0.25, 0.3) is 0 Å². The Hall–Kier alpha value is -3.37. The summed E-state index contributed by atoms with van der Waals surface area (Å²) in [5.41, 5.74) is 3.74. The molecule has 2 aromatic carbocycles. The molecule has 0 aliphatic rings. The third-order valence-electron chi connectivity index (χ3n) is 5.21. The first-order valence-corrected chi connectivity index (χ1v) is 11.2.